The number of aliphatic imine (C=N–C) groups is 1. The summed E-state index contributed by atoms with van der Waals surface area (Å²) in [5.74, 6) is -2.19. The lowest BCUT2D eigenvalue weighted by Crippen LogP contribution is -2.32. The largest absolute Gasteiger partial charge is 0.459 e. The van der Waals surface area contributed by atoms with Crippen molar-refractivity contribution in [3.8, 4) is 0 Å². The second-order valence-corrected chi connectivity index (χ2v) is 4.38. The minimum absolute atomic E-state index is 0.0238. The predicted octanol–water partition coefficient (Wildman–Crippen LogP) is 0.663. The number of carbonyl (C=O) groups excluding carboxylic acids is 3. The molecule has 6 heteroatoms. The molecule has 2 rings (SSSR count). The van der Waals surface area contributed by atoms with Crippen LogP contribution in [0.15, 0.2) is 40.6 Å². The van der Waals surface area contributed by atoms with E-state index in [1.807, 2.05) is 13.0 Å². The average molecular weight is 274 g/mol. The number of nitrogens with zero attached hydrogens (tertiary/aromatic N) is 1. The summed E-state index contributed by atoms with van der Waals surface area (Å²) in [6.07, 6.45) is 6.56. The van der Waals surface area contributed by atoms with Crippen molar-refractivity contribution in [1.82, 2.24) is 5.32 Å². The fourth-order valence-electron chi connectivity index (χ4n) is 2.01. The van der Waals surface area contributed by atoms with Crippen LogP contribution < -0.4 is 5.32 Å². The molecule has 0 aromatic heterocycles. The highest BCUT2D eigenvalue weighted by atomic mass is 16.5. The lowest BCUT2D eigenvalue weighted by Gasteiger charge is -2.25. The van der Waals surface area contributed by atoms with Crippen molar-refractivity contribution in [2.24, 2.45) is 10.9 Å². The Hall–Kier alpha value is -2.50. The first-order chi connectivity index (χ1) is 9.51. The fraction of sp³-hybridized carbons (Fsp3) is 0.286. The second-order valence-electron chi connectivity index (χ2n) is 4.38. The molecule has 1 heterocycles. The van der Waals surface area contributed by atoms with Gasteiger partial charge >= 0.3 is 11.9 Å². The normalized spacial score (nSPS) is 22.6. The smallest absolute Gasteiger partial charge is 0.399 e. The third-order valence-corrected chi connectivity index (χ3v) is 2.90. The van der Waals surface area contributed by atoms with E-state index in [0.717, 1.165) is 5.57 Å². The molecule has 1 aliphatic heterocycles. The SMILES string of the molecule is CCOC(=O)C(=O)N=C1C=CC2C(C)=CC(=O)NC2=C1. The van der Waals surface area contributed by atoms with Crippen LogP contribution in [0.25, 0.3) is 0 Å². The molecule has 0 aromatic rings. The number of fused-ring (bicyclic) bond motifs is 1. The van der Waals surface area contributed by atoms with Crippen molar-refractivity contribution >= 4 is 23.5 Å². The monoisotopic (exact) mass is 274 g/mol. The van der Waals surface area contributed by atoms with Crippen molar-refractivity contribution in [3.63, 3.8) is 0 Å². The maximum atomic E-state index is 11.5. The lowest BCUT2D eigenvalue weighted by atomic mass is 9.89. The van der Waals surface area contributed by atoms with E-state index in [4.69, 9.17) is 0 Å². The third-order valence-electron chi connectivity index (χ3n) is 2.90. The van der Waals surface area contributed by atoms with Crippen LogP contribution >= 0.6 is 0 Å². The predicted molar refractivity (Wildman–Crippen MR) is 71.7 cm³/mol. The van der Waals surface area contributed by atoms with E-state index < -0.39 is 11.9 Å². The molecule has 0 saturated heterocycles. The Balaban J connectivity index is 2.20. The summed E-state index contributed by atoms with van der Waals surface area (Å²) in [6.45, 7) is 3.58. The molecule has 1 unspecified atom stereocenters. The van der Waals surface area contributed by atoms with Gasteiger partial charge in [-0.25, -0.2) is 9.79 Å². The molecule has 2 amide bonds. The quantitative estimate of drug-likeness (QED) is 0.562. The van der Waals surface area contributed by atoms with Gasteiger partial charge in [-0.2, -0.15) is 0 Å². The van der Waals surface area contributed by atoms with Crippen molar-refractivity contribution in [2.75, 3.05) is 6.61 Å². The topological polar surface area (TPSA) is 84.8 Å². The lowest BCUT2D eigenvalue weighted by molar-refractivity contribution is -0.152. The molecule has 1 atom stereocenters. The molecule has 0 fully saturated rings. The van der Waals surface area contributed by atoms with Gasteiger partial charge in [0.1, 0.15) is 0 Å². The Morgan fingerprint density at radius 2 is 2.15 bits per heavy atom. The molecule has 0 aromatic carbocycles. The van der Waals surface area contributed by atoms with E-state index in [1.165, 1.54) is 6.08 Å². The molecule has 0 bridgehead atoms. The first kappa shape index (κ1) is 13.9. The number of hydrogen-bond acceptors (Lipinski definition) is 4. The van der Waals surface area contributed by atoms with Gasteiger partial charge in [-0.15, -0.1) is 0 Å². The molecule has 0 radical (unpaired) electrons. The van der Waals surface area contributed by atoms with Gasteiger partial charge in [0.05, 0.1) is 12.3 Å². The Labute approximate surface area is 115 Å². The van der Waals surface area contributed by atoms with Crippen LogP contribution in [0, 0.1) is 5.92 Å². The van der Waals surface area contributed by atoms with E-state index in [-0.39, 0.29) is 18.4 Å². The molecule has 6 nitrogen and oxygen atoms in total. The van der Waals surface area contributed by atoms with Gasteiger partial charge in [0.25, 0.3) is 0 Å². The Morgan fingerprint density at radius 1 is 1.40 bits per heavy atom. The molecular weight excluding hydrogens is 260 g/mol. The molecule has 1 N–H and O–H groups in total. The number of esters is 1. The minimum atomic E-state index is -0.988. The number of allylic oxidation sites excluding steroid dienone is 3. The van der Waals surface area contributed by atoms with E-state index in [9.17, 15) is 14.4 Å². The van der Waals surface area contributed by atoms with Crippen LogP contribution in [-0.4, -0.2) is 30.1 Å². The van der Waals surface area contributed by atoms with Gasteiger partial charge in [-0.1, -0.05) is 11.6 Å². The first-order valence-corrected chi connectivity index (χ1v) is 6.20. The maximum Gasteiger partial charge on any atom is 0.399 e. The van der Waals surface area contributed by atoms with Crippen LogP contribution in [0.1, 0.15) is 13.8 Å². The van der Waals surface area contributed by atoms with Gasteiger partial charge in [0, 0.05) is 17.7 Å². The molecule has 0 spiro atoms. The number of rotatable bonds is 1. The zero-order chi connectivity index (χ0) is 14.7. The fourth-order valence-corrected chi connectivity index (χ4v) is 2.01. The highest BCUT2D eigenvalue weighted by Gasteiger charge is 2.24. The third kappa shape index (κ3) is 2.90. The summed E-state index contributed by atoms with van der Waals surface area (Å²) in [7, 11) is 0. The number of amides is 2. The van der Waals surface area contributed by atoms with Gasteiger partial charge < -0.3 is 10.1 Å². The summed E-state index contributed by atoms with van der Waals surface area (Å²) in [5.41, 5.74) is 1.87. The summed E-state index contributed by atoms with van der Waals surface area (Å²) < 4.78 is 4.57. The van der Waals surface area contributed by atoms with E-state index >= 15 is 0 Å². The zero-order valence-corrected chi connectivity index (χ0v) is 11.2. The number of ether oxygens (including phenoxy) is 1. The van der Waals surface area contributed by atoms with Gasteiger partial charge in [0.15, 0.2) is 0 Å². The number of carbonyl (C=O) groups is 3. The van der Waals surface area contributed by atoms with Crippen LogP contribution in [0.2, 0.25) is 0 Å². The van der Waals surface area contributed by atoms with E-state index in [0.29, 0.717) is 11.4 Å². The summed E-state index contributed by atoms with van der Waals surface area (Å²) in [6, 6.07) is 0. The summed E-state index contributed by atoms with van der Waals surface area (Å²) >= 11 is 0. The summed E-state index contributed by atoms with van der Waals surface area (Å²) in [5, 5.41) is 2.69. The van der Waals surface area contributed by atoms with E-state index in [2.05, 4.69) is 15.0 Å². The first-order valence-electron chi connectivity index (χ1n) is 6.20. The van der Waals surface area contributed by atoms with Gasteiger partial charge in [-0.3, -0.25) is 9.59 Å². The molecule has 104 valence electrons. The van der Waals surface area contributed by atoms with Crippen molar-refractivity contribution in [3.05, 3.63) is 35.6 Å². The van der Waals surface area contributed by atoms with Gasteiger partial charge in [-0.05, 0) is 26.0 Å². The molecule has 0 saturated carbocycles. The second kappa shape index (κ2) is 5.64. The van der Waals surface area contributed by atoms with Crippen molar-refractivity contribution < 1.29 is 19.1 Å². The van der Waals surface area contributed by atoms with Gasteiger partial charge in [0.2, 0.25) is 5.91 Å². The Kier molecular flexibility index (Phi) is 3.93. The highest BCUT2D eigenvalue weighted by Crippen LogP contribution is 2.26. The Bertz CT molecular complexity index is 596. The zero-order valence-electron chi connectivity index (χ0n) is 11.2. The van der Waals surface area contributed by atoms with Crippen LogP contribution in [0.5, 0.6) is 0 Å². The van der Waals surface area contributed by atoms with Crippen LogP contribution in [0.4, 0.5) is 0 Å². The molecule has 2 aliphatic rings. The van der Waals surface area contributed by atoms with Crippen LogP contribution in [0.3, 0.4) is 0 Å². The maximum absolute atomic E-state index is 11.5. The minimum Gasteiger partial charge on any atom is -0.459 e. The number of hydrogen-bond donors (Lipinski definition) is 1. The molecule has 1 aliphatic carbocycles. The average Bonchev–Trinajstić information content (AvgIpc) is 2.38. The summed E-state index contributed by atoms with van der Waals surface area (Å²) in [4.78, 5) is 37.7. The van der Waals surface area contributed by atoms with Crippen molar-refractivity contribution in [1.29, 1.82) is 0 Å². The van der Waals surface area contributed by atoms with Crippen molar-refractivity contribution in [2.45, 2.75) is 13.8 Å². The Morgan fingerprint density at radius 3 is 2.85 bits per heavy atom. The molecular formula is C14H14N2O4. The number of nitrogens with one attached hydrogen (secondary N) is 1. The molecule has 20 heavy (non-hydrogen) atoms. The highest BCUT2D eigenvalue weighted by molar-refractivity contribution is 6.36. The standard InChI is InChI=1S/C14H14N2O4/c1-3-20-14(19)13(18)15-9-4-5-10-8(2)6-12(17)16-11(10)7-9/h4-7,10H,3H2,1-2H3,(H,16,17). The van der Waals surface area contributed by atoms with Crippen LogP contribution in [-0.2, 0) is 19.1 Å². The van der Waals surface area contributed by atoms with E-state index in [1.54, 1.807) is 19.1 Å².